The van der Waals surface area contributed by atoms with E-state index in [1.807, 2.05) is 0 Å². The minimum atomic E-state index is -4.53. The van der Waals surface area contributed by atoms with E-state index in [4.69, 9.17) is 0 Å². The van der Waals surface area contributed by atoms with Crippen LogP contribution in [0.2, 0.25) is 0 Å². The minimum absolute atomic E-state index is 0.0377. The molecule has 0 amide bonds. The van der Waals surface area contributed by atoms with E-state index in [0.717, 1.165) is 16.4 Å². The van der Waals surface area contributed by atoms with Crippen LogP contribution in [0.15, 0.2) is 60.1 Å². The van der Waals surface area contributed by atoms with E-state index < -0.39 is 39.5 Å². The van der Waals surface area contributed by atoms with E-state index in [1.165, 1.54) is 47.6 Å². The highest BCUT2D eigenvalue weighted by Gasteiger charge is 2.42. The van der Waals surface area contributed by atoms with Gasteiger partial charge in [0.05, 0.1) is 17.6 Å². The number of anilines is 1. The van der Waals surface area contributed by atoms with E-state index >= 15 is 0 Å². The number of aromatic nitrogens is 3. The van der Waals surface area contributed by atoms with Crippen molar-refractivity contribution < 1.29 is 26.0 Å². The molecule has 1 saturated heterocycles. The first-order valence-corrected chi connectivity index (χ1v) is 11.0. The SMILES string of the molecule is Cn1cnc(S(=O)(=O)N2C[C@H](Nc3cccc(C(F)(F)F)c3)[C@@H](c3ncccc3F)C2)c1. The topological polar surface area (TPSA) is 80.1 Å². The van der Waals surface area contributed by atoms with Crippen LogP contribution in [-0.2, 0) is 23.2 Å². The van der Waals surface area contributed by atoms with Crippen LogP contribution in [0.5, 0.6) is 0 Å². The molecule has 0 aliphatic carbocycles. The molecule has 1 N–H and O–H groups in total. The molecule has 2 aromatic heterocycles. The van der Waals surface area contributed by atoms with Crippen molar-refractivity contribution in [3.8, 4) is 0 Å². The summed E-state index contributed by atoms with van der Waals surface area (Å²) in [4.78, 5) is 7.96. The number of nitrogens with one attached hydrogen (secondary N) is 1. The third-order valence-corrected chi connectivity index (χ3v) is 6.97. The first kappa shape index (κ1) is 22.2. The van der Waals surface area contributed by atoms with Crippen LogP contribution in [0, 0.1) is 5.82 Å². The number of alkyl halides is 3. The van der Waals surface area contributed by atoms with Gasteiger partial charge in [0.1, 0.15) is 5.82 Å². The second-order valence-corrected chi connectivity index (χ2v) is 9.39. The summed E-state index contributed by atoms with van der Waals surface area (Å²) in [5.74, 6) is -1.35. The Bertz CT molecular complexity index is 1230. The second kappa shape index (κ2) is 8.17. The molecule has 7 nitrogen and oxygen atoms in total. The normalized spacial score (nSPS) is 19.9. The second-order valence-electron chi connectivity index (χ2n) is 7.51. The molecule has 1 aromatic carbocycles. The largest absolute Gasteiger partial charge is 0.416 e. The average Bonchev–Trinajstić information content (AvgIpc) is 3.35. The van der Waals surface area contributed by atoms with Gasteiger partial charge < -0.3 is 9.88 Å². The number of hydrogen-bond donors (Lipinski definition) is 1. The predicted molar refractivity (Wildman–Crippen MR) is 108 cm³/mol. The first-order valence-electron chi connectivity index (χ1n) is 9.58. The van der Waals surface area contributed by atoms with Crippen molar-refractivity contribution in [2.75, 3.05) is 18.4 Å². The lowest BCUT2D eigenvalue weighted by molar-refractivity contribution is -0.137. The van der Waals surface area contributed by atoms with Gasteiger partial charge >= 0.3 is 6.18 Å². The molecule has 0 unspecified atom stereocenters. The van der Waals surface area contributed by atoms with Crippen molar-refractivity contribution in [2.45, 2.75) is 23.2 Å². The fourth-order valence-corrected chi connectivity index (χ4v) is 5.17. The maximum atomic E-state index is 14.5. The van der Waals surface area contributed by atoms with Gasteiger partial charge in [0.15, 0.2) is 5.03 Å². The molecule has 170 valence electrons. The summed E-state index contributed by atoms with van der Waals surface area (Å²) in [6.45, 7) is -0.209. The number of rotatable bonds is 5. The number of hydrogen-bond acceptors (Lipinski definition) is 5. The van der Waals surface area contributed by atoms with Gasteiger partial charge in [-0.15, -0.1) is 0 Å². The van der Waals surface area contributed by atoms with E-state index in [1.54, 1.807) is 7.05 Å². The molecule has 2 atom stereocenters. The van der Waals surface area contributed by atoms with E-state index in [0.29, 0.717) is 0 Å². The van der Waals surface area contributed by atoms with Crippen LogP contribution >= 0.6 is 0 Å². The Morgan fingerprint density at radius 2 is 1.91 bits per heavy atom. The summed E-state index contributed by atoms with van der Waals surface area (Å²) in [6, 6.07) is 6.46. The Labute approximate surface area is 181 Å². The lowest BCUT2D eigenvalue weighted by Crippen LogP contribution is -2.32. The molecular weight excluding hydrogens is 450 g/mol. The molecule has 0 radical (unpaired) electrons. The molecule has 4 rings (SSSR count). The maximum absolute atomic E-state index is 14.5. The fraction of sp³-hybridized carbons (Fsp3) is 0.300. The maximum Gasteiger partial charge on any atom is 0.416 e. The molecule has 0 spiro atoms. The van der Waals surface area contributed by atoms with Crippen LogP contribution in [0.4, 0.5) is 23.2 Å². The van der Waals surface area contributed by atoms with Crippen LogP contribution in [0.3, 0.4) is 0 Å². The smallest absolute Gasteiger partial charge is 0.380 e. The minimum Gasteiger partial charge on any atom is -0.380 e. The van der Waals surface area contributed by atoms with Gasteiger partial charge in [-0.05, 0) is 30.3 Å². The van der Waals surface area contributed by atoms with Crippen molar-refractivity contribution in [2.24, 2.45) is 7.05 Å². The van der Waals surface area contributed by atoms with Crippen molar-refractivity contribution in [3.05, 3.63) is 72.2 Å². The van der Waals surface area contributed by atoms with Gasteiger partial charge in [0, 0.05) is 50.2 Å². The van der Waals surface area contributed by atoms with Gasteiger partial charge in [-0.3, -0.25) is 4.98 Å². The van der Waals surface area contributed by atoms with Crippen LogP contribution in [-0.4, -0.2) is 46.4 Å². The summed E-state index contributed by atoms with van der Waals surface area (Å²) >= 11 is 0. The summed E-state index contributed by atoms with van der Waals surface area (Å²) < 4.78 is 82.5. The number of pyridine rings is 1. The lowest BCUT2D eigenvalue weighted by Gasteiger charge is -2.21. The van der Waals surface area contributed by atoms with E-state index in [9.17, 15) is 26.0 Å². The van der Waals surface area contributed by atoms with Crippen molar-refractivity contribution in [1.82, 2.24) is 18.8 Å². The Morgan fingerprint density at radius 3 is 2.56 bits per heavy atom. The highest BCUT2D eigenvalue weighted by molar-refractivity contribution is 7.89. The highest BCUT2D eigenvalue weighted by Crippen LogP contribution is 2.35. The zero-order chi connectivity index (χ0) is 23.1. The molecule has 1 aliphatic rings. The first-order chi connectivity index (χ1) is 15.1. The van der Waals surface area contributed by atoms with Crippen molar-refractivity contribution in [1.29, 1.82) is 0 Å². The number of halogens is 4. The van der Waals surface area contributed by atoms with Gasteiger partial charge in [0.2, 0.25) is 0 Å². The van der Waals surface area contributed by atoms with E-state index in [-0.39, 0.29) is 29.5 Å². The van der Waals surface area contributed by atoms with Gasteiger partial charge in [-0.2, -0.15) is 17.5 Å². The molecule has 1 fully saturated rings. The molecular formula is C20H19F4N5O2S. The average molecular weight is 469 g/mol. The third-order valence-electron chi connectivity index (χ3n) is 5.25. The Balaban J connectivity index is 1.68. The third kappa shape index (κ3) is 4.32. The fourth-order valence-electron chi connectivity index (χ4n) is 3.71. The molecule has 0 saturated carbocycles. The lowest BCUT2D eigenvalue weighted by atomic mass is 9.98. The number of sulfonamides is 1. The zero-order valence-corrected chi connectivity index (χ0v) is 17.6. The highest BCUT2D eigenvalue weighted by atomic mass is 32.2. The van der Waals surface area contributed by atoms with Gasteiger partial charge in [-0.25, -0.2) is 17.8 Å². The Morgan fingerprint density at radius 1 is 1.12 bits per heavy atom. The molecule has 3 heterocycles. The standard InChI is InChI=1S/C20H19F4N5O2S/c1-28-11-18(26-12-28)32(30,31)29-9-15(19-16(21)6-3-7-25-19)17(10-29)27-14-5-2-4-13(8-14)20(22,23)24/h2-8,11-12,15,17,27H,9-10H2,1H3/t15-,17-/m0/s1. The van der Waals surface area contributed by atoms with E-state index in [2.05, 4.69) is 15.3 Å². The number of aryl methyl sites for hydroxylation is 1. The number of imidazole rings is 1. The number of benzene rings is 1. The monoisotopic (exact) mass is 469 g/mol. The van der Waals surface area contributed by atoms with Crippen LogP contribution in [0.1, 0.15) is 17.2 Å². The summed E-state index contributed by atoms with van der Waals surface area (Å²) in [5.41, 5.74) is -0.669. The Kier molecular flexibility index (Phi) is 5.67. The molecule has 32 heavy (non-hydrogen) atoms. The quantitative estimate of drug-likeness (QED) is 0.581. The molecule has 0 bridgehead atoms. The zero-order valence-electron chi connectivity index (χ0n) is 16.8. The van der Waals surface area contributed by atoms with Crippen LogP contribution in [0.25, 0.3) is 0 Å². The molecule has 12 heteroatoms. The van der Waals surface area contributed by atoms with Crippen molar-refractivity contribution in [3.63, 3.8) is 0 Å². The number of nitrogens with zero attached hydrogens (tertiary/aromatic N) is 4. The van der Waals surface area contributed by atoms with Gasteiger partial charge in [-0.1, -0.05) is 6.07 Å². The van der Waals surface area contributed by atoms with Gasteiger partial charge in [0.25, 0.3) is 10.0 Å². The summed E-state index contributed by atoms with van der Waals surface area (Å²) in [6.07, 6.45) is -0.458. The predicted octanol–water partition coefficient (Wildman–Crippen LogP) is 3.24. The summed E-state index contributed by atoms with van der Waals surface area (Å²) in [7, 11) is -2.37. The Hall–Kier alpha value is -2.99. The molecule has 1 aliphatic heterocycles. The van der Waals surface area contributed by atoms with Crippen LogP contribution < -0.4 is 5.32 Å². The summed E-state index contributed by atoms with van der Waals surface area (Å²) in [5, 5.41) is 2.78. The van der Waals surface area contributed by atoms with Crippen molar-refractivity contribution >= 4 is 15.7 Å². The molecule has 3 aromatic rings.